The molecule has 0 heterocycles. The molecule has 3 heteroatoms. The van der Waals surface area contributed by atoms with Gasteiger partial charge in [-0.1, -0.05) is 40.2 Å². The first kappa shape index (κ1) is 12.1. The van der Waals surface area contributed by atoms with Gasteiger partial charge in [-0.05, 0) is 35.4 Å². The minimum absolute atomic E-state index is 0.536. The van der Waals surface area contributed by atoms with Gasteiger partial charge >= 0.3 is 0 Å². The van der Waals surface area contributed by atoms with E-state index in [-0.39, 0.29) is 0 Å². The molecule has 0 fully saturated rings. The molecule has 0 bridgehead atoms. The normalized spacial score (nSPS) is 10.2. The van der Waals surface area contributed by atoms with Crippen LogP contribution in [0.1, 0.15) is 11.1 Å². The van der Waals surface area contributed by atoms with Crippen LogP contribution >= 0.6 is 15.9 Å². The van der Waals surface area contributed by atoms with Gasteiger partial charge in [-0.3, -0.25) is 0 Å². The lowest BCUT2D eigenvalue weighted by Crippen LogP contribution is -1.98. The van der Waals surface area contributed by atoms with E-state index in [4.69, 9.17) is 10.5 Å². The van der Waals surface area contributed by atoms with Gasteiger partial charge in [0.2, 0.25) is 0 Å². The Morgan fingerprint density at radius 1 is 1.00 bits per heavy atom. The molecular weight excluding hydrogens is 278 g/mol. The zero-order valence-corrected chi connectivity index (χ0v) is 11.0. The Morgan fingerprint density at radius 2 is 1.76 bits per heavy atom. The van der Waals surface area contributed by atoms with Crippen molar-refractivity contribution in [1.29, 1.82) is 0 Å². The second-order valence-corrected chi connectivity index (χ2v) is 4.69. The standard InChI is InChI=1S/C14H14BrNO/c15-13-5-1-4-12(7-13)10-17-14-6-2-3-11(8-14)9-16/h1-8H,9-10,16H2. The quantitative estimate of drug-likeness (QED) is 0.936. The molecular formula is C14H14BrNO. The molecule has 0 radical (unpaired) electrons. The number of benzene rings is 2. The van der Waals surface area contributed by atoms with E-state index in [0.717, 1.165) is 21.3 Å². The predicted molar refractivity (Wildman–Crippen MR) is 72.8 cm³/mol. The van der Waals surface area contributed by atoms with Crippen LogP contribution in [-0.2, 0) is 13.2 Å². The lowest BCUT2D eigenvalue weighted by molar-refractivity contribution is 0.306. The van der Waals surface area contributed by atoms with Crippen LogP contribution in [0.2, 0.25) is 0 Å². The van der Waals surface area contributed by atoms with E-state index in [0.29, 0.717) is 13.2 Å². The summed E-state index contributed by atoms with van der Waals surface area (Å²) in [5, 5.41) is 0. The molecule has 17 heavy (non-hydrogen) atoms. The van der Waals surface area contributed by atoms with Gasteiger partial charge in [-0.15, -0.1) is 0 Å². The number of ether oxygens (including phenoxy) is 1. The molecule has 0 amide bonds. The fourth-order valence-corrected chi connectivity index (χ4v) is 2.00. The SMILES string of the molecule is NCc1cccc(OCc2cccc(Br)c2)c1. The highest BCUT2D eigenvalue weighted by Crippen LogP contribution is 2.16. The largest absolute Gasteiger partial charge is 0.489 e. The highest BCUT2D eigenvalue weighted by atomic mass is 79.9. The van der Waals surface area contributed by atoms with Gasteiger partial charge in [0.1, 0.15) is 12.4 Å². The number of halogens is 1. The molecule has 2 aromatic carbocycles. The van der Waals surface area contributed by atoms with Crippen molar-refractivity contribution in [2.24, 2.45) is 5.73 Å². The number of rotatable bonds is 4. The van der Waals surface area contributed by atoms with Crippen molar-refractivity contribution < 1.29 is 4.74 Å². The lowest BCUT2D eigenvalue weighted by Gasteiger charge is -2.07. The average molecular weight is 292 g/mol. The smallest absolute Gasteiger partial charge is 0.120 e. The van der Waals surface area contributed by atoms with E-state index in [9.17, 15) is 0 Å². The Bertz CT molecular complexity index is 499. The van der Waals surface area contributed by atoms with Crippen molar-refractivity contribution in [3.8, 4) is 5.75 Å². The van der Waals surface area contributed by atoms with Crippen molar-refractivity contribution in [2.45, 2.75) is 13.2 Å². The third kappa shape index (κ3) is 3.58. The summed E-state index contributed by atoms with van der Waals surface area (Å²) in [6.07, 6.45) is 0. The molecule has 0 spiro atoms. The first-order valence-electron chi connectivity index (χ1n) is 5.44. The fraction of sp³-hybridized carbons (Fsp3) is 0.143. The second kappa shape index (κ2) is 5.84. The first-order chi connectivity index (χ1) is 8.28. The van der Waals surface area contributed by atoms with E-state index in [1.807, 2.05) is 48.5 Å². The predicted octanol–water partition coefficient (Wildman–Crippen LogP) is 3.49. The summed E-state index contributed by atoms with van der Waals surface area (Å²) in [7, 11) is 0. The molecule has 0 aliphatic carbocycles. The molecule has 0 aromatic heterocycles. The summed E-state index contributed by atoms with van der Waals surface area (Å²) in [5.74, 6) is 0.855. The molecule has 2 nitrogen and oxygen atoms in total. The summed E-state index contributed by atoms with van der Waals surface area (Å²) in [6, 6.07) is 15.9. The van der Waals surface area contributed by atoms with Gasteiger partial charge < -0.3 is 10.5 Å². The van der Waals surface area contributed by atoms with Crippen LogP contribution in [0.3, 0.4) is 0 Å². The van der Waals surface area contributed by atoms with Gasteiger partial charge in [-0.25, -0.2) is 0 Å². The Morgan fingerprint density at radius 3 is 2.53 bits per heavy atom. The molecule has 2 aromatic rings. The van der Waals surface area contributed by atoms with Crippen LogP contribution in [0.25, 0.3) is 0 Å². The van der Waals surface area contributed by atoms with Crippen molar-refractivity contribution in [3.05, 3.63) is 64.1 Å². The summed E-state index contributed by atoms with van der Waals surface area (Å²) in [5.41, 5.74) is 7.80. The van der Waals surface area contributed by atoms with Crippen molar-refractivity contribution in [3.63, 3.8) is 0 Å². The average Bonchev–Trinajstić information content (AvgIpc) is 2.37. The maximum Gasteiger partial charge on any atom is 0.120 e. The Kier molecular flexibility index (Phi) is 4.18. The second-order valence-electron chi connectivity index (χ2n) is 3.77. The van der Waals surface area contributed by atoms with Crippen LogP contribution in [0.5, 0.6) is 5.75 Å². The van der Waals surface area contributed by atoms with E-state index in [1.54, 1.807) is 0 Å². The zero-order valence-electron chi connectivity index (χ0n) is 9.40. The summed E-state index contributed by atoms with van der Waals surface area (Å²) in [6.45, 7) is 1.10. The van der Waals surface area contributed by atoms with Gasteiger partial charge in [0.25, 0.3) is 0 Å². The van der Waals surface area contributed by atoms with Gasteiger partial charge in [0, 0.05) is 11.0 Å². The highest BCUT2D eigenvalue weighted by Gasteiger charge is 1.98. The van der Waals surface area contributed by atoms with Gasteiger partial charge in [-0.2, -0.15) is 0 Å². The maximum absolute atomic E-state index is 5.71. The van der Waals surface area contributed by atoms with E-state index >= 15 is 0 Å². The summed E-state index contributed by atoms with van der Waals surface area (Å²) in [4.78, 5) is 0. The molecule has 0 atom stereocenters. The van der Waals surface area contributed by atoms with Crippen LogP contribution in [0.4, 0.5) is 0 Å². The lowest BCUT2D eigenvalue weighted by atomic mass is 10.2. The fourth-order valence-electron chi connectivity index (χ4n) is 1.56. The molecule has 88 valence electrons. The zero-order chi connectivity index (χ0) is 12.1. The van der Waals surface area contributed by atoms with Crippen LogP contribution < -0.4 is 10.5 Å². The molecule has 2 N–H and O–H groups in total. The van der Waals surface area contributed by atoms with E-state index in [1.165, 1.54) is 0 Å². The van der Waals surface area contributed by atoms with Crippen molar-refractivity contribution in [2.75, 3.05) is 0 Å². The summed E-state index contributed by atoms with van der Waals surface area (Å²) >= 11 is 3.44. The topological polar surface area (TPSA) is 35.2 Å². The number of hydrogen-bond donors (Lipinski definition) is 1. The molecule has 0 saturated carbocycles. The Balaban J connectivity index is 2.02. The highest BCUT2D eigenvalue weighted by molar-refractivity contribution is 9.10. The van der Waals surface area contributed by atoms with E-state index in [2.05, 4.69) is 15.9 Å². The van der Waals surface area contributed by atoms with Gasteiger partial charge in [0.15, 0.2) is 0 Å². The van der Waals surface area contributed by atoms with Crippen LogP contribution in [0, 0.1) is 0 Å². The van der Waals surface area contributed by atoms with Crippen molar-refractivity contribution >= 4 is 15.9 Å². The minimum atomic E-state index is 0.536. The monoisotopic (exact) mass is 291 g/mol. The van der Waals surface area contributed by atoms with Crippen LogP contribution in [0.15, 0.2) is 53.0 Å². The van der Waals surface area contributed by atoms with Crippen molar-refractivity contribution in [1.82, 2.24) is 0 Å². The molecule has 0 aliphatic heterocycles. The Labute approximate surface area is 110 Å². The number of hydrogen-bond acceptors (Lipinski definition) is 2. The van der Waals surface area contributed by atoms with Gasteiger partial charge in [0.05, 0.1) is 0 Å². The maximum atomic E-state index is 5.71. The third-order valence-corrected chi connectivity index (χ3v) is 2.92. The van der Waals surface area contributed by atoms with E-state index < -0.39 is 0 Å². The van der Waals surface area contributed by atoms with Crippen LogP contribution in [-0.4, -0.2) is 0 Å². The molecule has 0 saturated heterocycles. The Hall–Kier alpha value is -1.32. The molecule has 0 aliphatic rings. The summed E-state index contributed by atoms with van der Waals surface area (Å²) < 4.78 is 6.78. The third-order valence-electron chi connectivity index (χ3n) is 2.43. The first-order valence-corrected chi connectivity index (χ1v) is 6.23. The molecule has 0 unspecified atom stereocenters. The number of nitrogens with two attached hydrogens (primary N) is 1. The molecule has 2 rings (SSSR count). The minimum Gasteiger partial charge on any atom is -0.489 e.